The molecule has 2 aliphatic rings. The van der Waals surface area contributed by atoms with Gasteiger partial charge >= 0.3 is 0 Å². The number of aliphatic hydroxyl groups is 1. The van der Waals surface area contributed by atoms with Crippen molar-refractivity contribution in [1.82, 2.24) is 15.1 Å². The quantitative estimate of drug-likeness (QED) is 0.693. The average molecular weight is 241 g/mol. The van der Waals surface area contributed by atoms with Crippen molar-refractivity contribution < 1.29 is 5.11 Å². The Bertz CT molecular complexity index is 237. The van der Waals surface area contributed by atoms with Gasteiger partial charge in [0, 0.05) is 38.8 Å². The van der Waals surface area contributed by atoms with Gasteiger partial charge < -0.3 is 15.3 Å². The van der Waals surface area contributed by atoms with E-state index in [-0.39, 0.29) is 12.1 Å². The molecule has 2 fully saturated rings. The van der Waals surface area contributed by atoms with Crippen LogP contribution in [0.5, 0.6) is 0 Å². The molecular weight excluding hydrogens is 214 g/mol. The Balaban J connectivity index is 1.78. The highest BCUT2D eigenvalue weighted by molar-refractivity contribution is 4.94. The van der Waals surface area contributed by atoms with Crippen molar-refractivity contribution in [3.8, 4) is 0 Å². The summed E-state index contributed by atoms with van der Waals surface area (Å²) in [6.45, 7) is 11.3. The number of aliphatic hydroxyl groups excluding tert-OH is 1. The van der Waals surface area contributed by atoms with Gasteiger partial charge in [-0.25, -0.2) is 0 Å². The number of nitrogens with one attached hydrogen (secondary N) is 1. The Morgan fingerprint density at radius 3 is 2.24 bits per heavy atom. The smallest absolute Gasteiger partial charge is 0.0623 e. The molecule has 0 amide bonds. The largest absolute Gasteiger partial charge is 0.394 e. The lowest BCUT2D eigenvalue weighted by Gasteiger charge is -2.40. The van der Waals surface area contributed by atoms with Gasteiger partial charge in [-0.2, -0.15) is 0 Å². The van der Waals surface area contributed by atoms with E-state index in [9.17, 15) is 5.11 Å². The Hall–Kier alpha value is -0.160. The Kier molecular flexibility index (Phi) is 4.42. The van der Waals surface area contributed by atoms with E-state index in [0.717, 1.165) is 26.2 Å². The first-order valence-electron chi connectivity index (χ1n) is 6.98. The monoisotopic (exact) mass is 241 g/mol. The SMILES string of the molecule is CCN1CCN(CC(C)(CO)NC2CC2)CC1. The van der Waals surface area contributed by atoms with Gasteiger partial charge in [0.25, 0.3) is 0 Å². The zero-order chi connectivity index (χ0) is 12.3. The van der Waals surface area contributed by atoms with Gasteiger partial charge in [0.05, 0.1) is 12.1 Å². The van der Waals surface area contributed by atoms with Gasteiger partial charge in [0.2, 0.25) is 0 Å². The third kappa shape index (κ3) is 3.91. The van der Waals surface area contributed by atoms with Gasteiger partial charge in [0.1, 0.15) is 0 Å². The van der Waals surface area contributed by atoms with Crippen LogP contribution in [0.1, 0.15) is 26.7 Å². The van der Waals surface area contributed by atoms with Gasteiger partial charge in [-0.3, -0.25) is 4.90 Å². The summed E-state index contributed by atoms with van der Waals surface area (Å²) in [5, 5.41) is 13.2. The minimum atomic E-state index is -0.116. The zero-order valence-corrected chi connectivity index (χ0v) is 11.3. The first kappa shape index (κ1) is 13.3. The molecule has 0 aromatic heterocycles. The molecule has 2 N–H and O–H groups in total. The molecule has 1 aliphatic carbocycles. The molecule has 1 heterocycles. The van der Waals surface area contributed by atoms with Crippen LogP contribution in [0.15, 0.2) is 0 Å². The average Bonchev–Trinajstić information content (AvgIpc) is 3.14. The molecular formula is C13H27N3O. The van der Waals surface area contributed by atoms with Gasteiger partial charge in [-0.1, -0.05) is 6.92 Å². The Morgan fingerprint density at radius 2 is 1.76 bits per heavy atom. The fraction of sp³-hybridized carbons (Fsp3) is 1.00. The van der Waals surface area contributed by atoms with Crippen molar-refractivity contribution in [2.75, 3.05) is 45.9 Å². The van der Waals surface area contributed by atoms with Crippen molar-refractivity contribution in [3.05, 3.63) is 0 Å². The van der Waals surface area contributed by atoms with Crippen LogP contribution < -0.4 is 5.32 Å². The first-order chi connectivity index (χ1) is 8.15. The molecule has 17 heavy (non-hydrogen) atoms. The maximum Gasteiger partial charge on any atom is 0.0623 e. The Morgan fingerprint density at radius 1 is 1.18 bits per heavy atom. The van der Waals surface area contributed by atoms with E-state index in [1.54, 1.807) is 0 Å². The normalized spacial score (nSPS) is 27.0. The third-order valence-electron chi connectivity index (χ3n) is 3.96. The highest BCUT2D eigenvalue weighted by atomic mass is 16.3. The highest BCUT2D eigenvalue weighted by Crippen LogP contribution is 2.23. The molecule has 1 aliphatic heterocycles. The molecule has 0 bridgehead atoms. The predicted octanol–water partition coefficient (Wildman–Crippen LogP) is 0.127. The van der Waals surface area contributed by atoms with E-state index >= 15 is 0 Å². The molecule has 1 saturated heterocycles. The minimum absolute atomic E-state index is 0.116. The molecule has 0 aromatic rings. The van der Waals surface area contributed by atoms with Gasteiger partial charge in [0.15, 0.2) is 0 Å². The maximum absolute atomic E-state index is 9.59. The van der Waals surface area contributed by atoms with Gasteiger partial charge in [-0.05, 0) is 26.3 Å². The molecule has 100 valence electrons. The fourth-order valence-corrected chi connectivity index (χ4v) is 2.62. The van der Waals surface area contributed by atoms with Gasteiger partial charge in [-0.15, -0.1) is 0 Å². The first-order valence-corrected chi connectivity index (χ1v) is 6.98. The van der Waals surface area contributed by atoms with Crippen LogP contribution in [0, 0.1) is 0 Å². The summed E-state index contributed by atoms with van der Waals surface area (Å²) in [5.41, 5.74) is -0.116. The van der Waals surface area contributed by atoms with Crippen molar-refractivity contribution in [2.24, 2.45) is 0 Å². The van der Waals surface area contributed by atoms with Crippen LogP contribution in [0.25, 0.3) is 0 Å². The molecule has 2 rings (SSSR count). The molecule has 1 saturated carbocycles. The van der Waals surface area contributed by atoms with Crippen LogP contribution in [-0.2, 0) is 0 Å². The lowest BCUT2D eigenvalue weighted by atomic mass is 10.0. The lowest BCUT2D eigenvalue weighted by molar-refractivity contribution is 0.0796. The molecule has 0 aromatic carbocycles. The van der Waals surface area contributed by atoms with E-state index in [2.05, 4.69) is 29.0 Å². The van der Waals surface area contributed by atoms with E-state index < -0.39 is 0 Å². The maximum atomic E-state index is 9.59. The topological polar surface area (TPSA) is 38.7 Å². The van der Waals surface area contributed by atoms with Crippen LogP contribution in [-0.4, -0.2) is 72.4 Å². The summed E-state index contributed by atoms with van der Waals surface area (Å²) in [4.78, 5) is 4.97. The second-order valence-electron chi connectivity index (χ2n) is 5.85. The molecule has 0 radical (unpaired) electrons. The van der Waals surface area contributed by atoms with E-state index in [1.807, 2.05) is 0 Å². The summed E-state index contributed by atoms with van der Waals surface area (Å²) in [7, 11) is 0. The van der Waals surface area contributed by atoms with Crippen LogP contribution in [0.2, 0.25) is 0 Å². The number of likely N-dealkylation sites (N-methyl/N-ethyl adjacent to an activating group) is 1. The summed E-state index contributed by atoms with van der Waals surface area (Å²) >= 11 is 0. The fourth-order valence-electron chi connectivity index (χ4n) is 2.62. The molecule has 4 heteroatoms. The van der Waals surface area contributed by atoms with E-state index in [1.165, 1.54) is 25.9 Å². The van der Waals surface area contributed by atoms with Crippen LogP contribution >= 0.6 is 0 Å². The molecule has 1 atom stereocenters. The van der Waals surface area contributed by atoms with Crippen molar-refractivity contribution in [3.63, 3.8) is 0 Å². The summed E-state index contributed by atoms with van der Waals surface area (Å²) < 4.78 is 0. The molecule has 1 unspecified atom stereocenters. The second-order valence-corrected chi connectivity index (χ2v) is 5.85. The second kappa shape index (κ2) is 5.65. The van der Waals surface area contributed by atoms with Crippen molar-refractivity contribution in [1.29, 1.82) is 0 Å². The number of nitrogens with zero attached hydrogens (tertiary/aromatic N) is 2. The lowest BCUT2D eigenvalue weighted by Crippen LogP contribution is -2.58. The summed E-state index contributed by atoms with van der Waals surface area (Å²) in [6.07, 6.45) is 2.55. The number of hydrogen-bond acceptors (Lipinski definition) is 4. The number of piperazine rings is 1. The predicted molar refractivity (Wildman–Crippen MR) is 70.2 cm³/mol. The Labute approximate surface area is 105 Å². The third-order valence-corrected chi connectivity index (χ3v) is 3.96. The number of rotatable bonds is 6. The zero-order valence-electron chi connectivity index (χ0n) is 11.3. The molecule has 4 nitrogen and oxygen atoms in total. The number of hydrogen-bond donors (Lipinski definition) is 2. The van der Waals surface area contributed by atoms with Crippen LogP contribution in [0.4, 0.5) is 0 Å². The molecule has 0 spiro atoms. The van der Waals surface area contributed by atoms with Crippen molar-refractivity contribution >= 4 is 0 Å². The van der Waals surface area contributed by atoms with E-state index in [4.69, 9.17) is 0 Å². The summed E-state index contributed by atoms with van der Waals surface area (Å²) in [6, 6.07) is 0.657. The standard InChI is InChI=1S/C13H27N3O/c1-3-15-6-8-16(9-7-15)10-13(2,11-17)14-12-4-5-12/h12,14,17H,3-11H2,1-2H3. The van der Waals surface area contributed by atoms with Crippen molar-refractivity contribution in [2.45, 2.75) is 38.3 Å². The van der Waals surface area contributed by atoms with E-state index in [0.29, 0.717) is 6.04 Å². The highest BCUT2D eigenvalue weighted by Gasteiger charge is 2.33. The minimum Gasteiger partial charge on any atom is -0.394 e. The van der Waals surface area contributed by atoms with Crippen LogP contribution in [0.3, 0.4) is 0 Å². The summed E-state index contributed by atoms with van der Waals surface area (Å²) in [5.74, 6) is 0.